The third-order valence-electron chi connectivity index (χ3n) is 5.81. The number of carbonyl (C=O) groups excluding carboxylic acids is 2. The molecule has 0 bridgehead atoms. The summed E-state index contributed by atoms with van der Waals surface area (Å²) in [7, 11) is 0. The Morgan fingerprint density at radius 2 is 1.68 bits per heavy atom. The van der Waals surface area contributed by atoms with Gasteiger partial charge in [0, 0.05) is 31.6 Å². The number of carbonyl (C=O) groups is 2. The summed E-state index contributed by atoms with van der Waals surface area (Å²) in [5, 5.41) is 2.91. The Labute approximate surface area is 183 Å². The minimum atomic E-state index is -0.0113. The second-order valence-electron chi connectivity index (χ2n) is 8.33. The highest BCUT2D eigenvalue weighted by Crippen LogP contribution is 2.24. The molecule has 1 heterocycles. The predicted molar refractivity (Wildman–Crippen MR) is 124 cm³/mol. The first-order chi connectivity index (χ1) is 15.0. The zero-order valence-corrected chi connectivity index (χ0v) is 18.1. The molecule has 3 aromatic carbocycles. The third kappa shape index (κ3) is 5.02. The van der Waals surface area contributed by atoms with E-state index >= 15 is 0 Å². The average molecular weight is 413 g/mol. The highest BCUT2D eigenvalue weighted by atomic mass is 16.2. The quantitative estimate of drug-likeness (QED) is 0.665. The normalized spacial score (nSPS) is 13.9. The van der Waals surface area contributed by atoms with Crippen molar-refractivity contribution < 1.29 is 9.59 Å². The lowest BCUT2D eigenvalue weighted by Crippen LogP contribution is -2.35. The van der Waals surface area contributed by atoms with Crippen molar-refractivity contribution in [3.63, 3.8) is 0 Å². The van der Waals surface area contributed by atoms with E-state index in [0.717, 1.165) is 36.1 Å². The Morgan fingerprint density at radius 1 is 0.935 bits per heavy atom. The van der Waals surface area contributed by atoms with E-state index in [1.54, 1.807) is 0 Å². The van der Waals surface area contributed by atoms with Crippen LogP contribution in [0.4, 0.5) is 0 Å². The third-order valence-corrected chi connectivity index (χ3v) is 5.81. The number of benzene rings is 3. The standard InChI is InChI=1S/C27H28N2O2/c1-19(28-20(2)30)16-21-10-12-23(13-11-21)24-8-5-9-25(17-24)27(31)29-15-14-22-6-3-4-7-26(22)18-29/h3-13,17,19H,14-16,18H2,1-2H3,(H,28,30). The van der Waals surface area contributed by atoms with Crippen molar-refractivity contribution in [3.05, 3.63) is 95.1 Å². The lowest BCUT2D eigenvalue weighted by molar-refractivity contribution is -0.119. The van der Waals surface area contributed by atoms with E-state index < -0.39 is 0 Å². The van der Waals surface area contributed by atoms with Crippen molar-refractivity contribution in [2.24, 2.45) is 0 Å². The molecule has 1 aliphatic rings. The molecule has 4 rings (SSSR count). The van der Waals surface area contributed by atoms with Crippen LogP contribution in [0, 0.1) is 0 Å². The van der Waals surface area contributed by atoms with E-state index in [1.165, 1.54) is 23.6 Å². The lowest BCUT2D eigenvalue weighted by atomic mass is 9.97. The van der Waals surface area contributed by atoms with E-state index in [-0.39, 0.29) is 17.9 Å². The molecule has 0 fully saturated rings. The number of rotatable bonds is 5. The number of nitrogens with one attached hydrogen (secondary N) is 1. The average Bonchev–Trinajstić information content (AvgIpc) is 2.78. The van der Waals surface area contributed by atoms with E-state index in [2.05, 4.69) is 47.8 Å². The van der Waals surface area contributed by atoms with Crippen LogP contribution in [0.3, 0.4) is 0 Å². The zero-order chi connectivity index (χ0) is 21.8. The van der Waals surface area contributed by atoms with Gasteiger partial charge in [0.05, 0.1) is 0 Å². The molecule has 1 unspecified atom stereocenters. The smallest absolute Gasteiger partial charge is 0.254 e. The molecule has 2 amide bonds. The zero-order valence-electron chi connectivity index (χ0n) is 18.1. The molecule has 1 atom stereocenters. The van der Waals surface area contributed by atoms with Gasteiger partial charge in [0.1, 0.15) is 0 Å². The van der Waals surface area contributed by atoms with Gasteiger partial charge in [0.2, 0.25) is 5.91 Å². The van der Waals surface area contributed by atoms with Gasteiger partial charge in [-0.2, -0.15) is 0 Å². The minimum absolute atomic E-state index is 0.0113. The topological polar surface area (TPSA) is 49.4 Å². The molecule has 1 N–H and O–H groups in total. The number of amides is 2. The molecule has 31 heavy (non-hydrogen) atoms. The van der Waals surface area contributed by atoms with Crippen LogP contribution in [-0.2, 0) is 24.2 Å². The predicted octanol–water partition coefficient (Wildman–Crippen LogP) is 4.62. The van der Waals surface area contributed by atoms with Crippen molar-refractivity contribution in [2.75, 3.05) is 6.54 Å². The van der Waals surface area contributed by atoms with Gasteiger partial charge in [0.25, 0.3) is 5.91 Å². The molecule has 0 saturated heterocycles. The Bertz CT molecular complexity index is 1090. The molecule has 0 aromatic heterocycles. The fraction of sp³-hybridized carbons (Fsp3) is 0.259. The second-order valence-corrected chi connectivity index (χ2v) is 8.33. The highest BCUT2D eigenvalue weighted by Gasteiger charge is 2.21. The lowest BCUT2D eigenvalue weighted by Gasteiger charge is -2.29. The van der Waals surface area contributed by atoms with Gasteiger partial charge < -0.3 is 10.2 Å². The van der Waals surface area contributed by atoms with Gasteiger partial charge >= 0.3 is 0 Å². The molecular formula is C27H28N2O2. The summed E-state index contributed by atoms with van der Waals surface area (Å²) < 4.78 is 0. The Balaban J connectivity index is 1.47. The number of fused-ring (bicyclic) bond motifs is 1. The fourth-order valence-corrected chi connectivity index (χ4v) is 4.27. The monoisotopic (exact) mass is 412 g/mol. The SMILES string of the molecule is CC(=O)NC(C)Cc1ccc(-c2cccc(C(=O)N3CCc4ccccc4C3)c2)cc1. The van der Waals surface area contributed by atoms with Gasteiger partial charge in [-0.15, -0.1) is 0 Å². The summed E-state index contributed by atoms with van der Waals surface area (Å²) in [4.78, 5) is 26.3. The molecular weight excluding hydrogens is 384 g/mol. The summed E-state index contributed by atoms with van der Waals surface area (Å²) >= 11 is 0. The molecule has 1 aliphatic heterocycles. The minimum Gasteiger partial charge on any atom is -0.354 e. The van der Waals surface area contributed by atoms with Crippen LogP contribution >= 0.6 is 0 Å². The van der Waals surface area contributed by atoms with Crippen LogP contribution < -0.4 is 5.32 Å². The van der Waals surface area contributed by atoms with Crippen LogP contribution in [0.5, 0.6) is 0 Å². The molecule has 0 saturated carbocycles. The summed E-state index contributed by atoms with van der Waals surface area (Å²) in [6.07, 6.45) is 1.69. The van der Waals surface area contributed by atoms with Crippen molar-refractivity contribution >= 4 is 11.8 Å². The van der Waals surface area contributed by atoms with Crippen LogP contribution in [0.15, 0.2) is 72.8 Å². The van der Waals surface area contributed by atoms with Crippen molar-refractivity contribution in [3.8, 4) is 11.1 Å². The maximum Gasteiger partial charge on any atom is 0.254 e. The van der Waals surface area contributed by atoms with E-state index in [4.69, 9.17) is 0 Å². The van der Waals surface area contributed by atoms with Gasteiger partial charge in [0.15, 0.2) is 0 Å². The van der Waals surface area contributed by atoms with Gasteiger partial charge in [-0.1, -0.05) is 60.7 Å². The van der Waals surface area contributed by atoms with E-state index in [0.29, 0.717) is 6.54 Å². The van der Waals surface area contributed by atoms with Gasteiger partial charge in [-0.05, 0) is 59.7 Å². The van der Waals surface area contributed by atoms with Crippen molar-refractivity contribution in [2.45, 2.75) is 39.3 Å². The van der Waals surface area contributed by atoms with Crippen LogP contribution in [0.25, 0.3) is 11.1 Å². The number of nitrogens with zero attached hydrogens (tertiary/aromatic N) is 1. The molecule has 4 nitrogen and oxygen atoms in total. The van der Waals surface area contributed by atoms with Crippen molar-refractivity contribution in [1.29, 1.82) is 0 Å². The Hall–Kier alpha value is -3.40. The molecule has 4 heteroatoms. The Kier molecular flexibility index (Phi) is 6.17. The van der Waals surface area contributed by atoms with Gasteiger partial charge in [-0.3, -0.25) is 9.59 Å². The Morgan fingerprint density at radius 3 is 2.42 bits per heavy atom. The molecule has 0 radical (unpaired) electrons. The second kappa shape index (κ2) is 9.17. The van der Waals surface area contributed by atoms with Crippen LogP contribution in [0.1, 0.15) is 40.9 Å². The maximum absolute atomic E-state index is 13.1. The maximum atomic E-state index is 13.1. The largest absolute Gasteiger partial charge is 0.354 e. The van der Waals surface area contributed by atoms with Crippen molar-refractivity contribution in [1.82, 2.24) is 10.2 Å². The first-order valence-electron chi connectivity index (χ1n) is 10.8. The van der Waals surface area contributed by atoms with Crippen LogP contribution in [0.2, 0.25) is 0 Å². The summed E-state index contributed by atoms with van der Waals surface area (Å²) in [5.41, 5.74) is 6.58. The molecule has 158 valence electrons. The summed E-state index contributed by atoms with van der Waals surface area (Å²) in [5.74, 6) is 0.0694. The van der Waals surface area contributed by atoms with Crippen LogP contribution in [-0.4, -0.2) is 29.3 Å². The first-order valence-corrected chi connectivity index (χ1v) is 10.8. The number of hydrogen-bond acceptors (Lipinski definition) is 2. The van der Waals surface area contributed by atoms with Gasteiger partial charge in [-0.25, -0.2) is 0 Å². The molecule has 0 aliphatic carbocycles. The molecule has 3 aromatic rings. The fourth-order valence-electron chi connectivity index (χ4n) is 4.27. The van der Waals surface area contributed by atoms with E-state index in [1.807, 2.05) is 42.2 Å². The highest BCUT2D eigenvalue weighted by molar-refractivity contribution is 5.95. The summed E-state index contributed by atoms with van der Waals surface area (Å²) in [6.45, 7) is 4.96. The molecule has 0 spiro atoms. The van der Waals surface area contributed by atoms with E-state index in [9.17, 15) is 9.59 Å². The number of hydrogen-bond donors (Lipinski definition) is 1. The first kappa shape index (κ1) is 20.9. The summed E-state index contributed by atoms with van der Waals surface area (Å²) in [6, 6.07) is 24.7.